The summed E-state index contributed by atoms with van der Waals surface area (Å²) >= 11 is 4.07. The molecular weight excluding hydrogens is 490 g/mol. The average Bonchev–Trinajstić information content (AvgIpc) is 3.05. The van der Waals surface area contributed by atoms with Crippen LogP contribution >= 0.6 is 12.6 Å². The molecule has 2 N–H and O–H groups in total. The first-order valence-electron chi connectivity index (χ1n) is 12.3. The molecule has 208 valence electrons. The van der Waals surface area contributed by atoms with E-state index in [0.717, 1.165) is 0 Å². The number of nitrogens with zero attached hydrogens (tertiary/aromatic N) is 1. The fourth-order valence-electron chi connectivity index (χ4n) is 3.14. The van der Waals surface area contributed by atoms with E-state index in [1.807, 2.05) is 13.8 Å². The Kier molecular flexibility index (Phi) is 14.5. The third kappa shape index (κ3) is 12.5. The van der Waals surface area contributed by atoms with Crippen LogP contribution in [-0.2, 0) is 38.1 Å². The van der Waals surface area contributed by atoms with E-state index in [1.165, 1.54) is 4.90 Å². The lowest BCUT2D eigenvalue weighted by Gasteiger charge is -2.28. The number of amides is 4. The number of thiol groups is 1. The monoisotopic (exact) mass is 533 g/mol. The highest BCUT2D eigenvalue weighted by atomic mass is 32.1. The molecule has 0 radical (unpaired) electrons. The summed E-state index contributed by atoms with van der Waals surface area (Å²) < 4.78 is 21.9. The van der Waals surface area contributed by atoms with E-state index in [1.54, 1.807) is 21.0 Å². The molecule has 0 aliphatic carbocycles. The van der Waals surface area contributed by atoms with Gasteiger partial charge in [-0.2, -0.15) is 12.6 Å². The van der Waals surface area contributed by atoms with E-state index < -0.39 is 10.9 Å². The van der Waals surface area contributed by atoms with Gasteiger partial charge in [0.1, 0.15) is 5.60 Å². The predicted octanol–water partition coefficient (Wildman–Crippen LogP) is 0.700. The van der Waals surface area contributed by atoms with Crippen molar-refractivity contribution < 1.29 is 38.1 Å². The molecule has 1 unspecified atom stereocenters. The molecule has 11 nitrogen and oxygen atoms in total. The molecule has 1 rings (SSSR count). The maximum absolute atomic E-state index is 12.3. The molecule has 0 bridgehead atoms. The van der Waals surface area contributed by atoms with Crippen LogP contribution in [0.1, 0.15) is 53.4 Å². The summed E-state index contributed by atoms with van der Waals surface area (Å²) in [6, 6.07) is 0. The Morgan fingerprint density at radius 1 is 1.00 bits per heavy atom. The average molecular weight is 534 g/mol. The summed E-state index contributed by atoms with van der Waals surface area (Å²) in [4.78, 5) is 48.8. The number of hydrogen-bond donors (Lipinski definition) is 3. The standard InChI is InChI=1S/C24H43N3O8S/c1-23(2,32-5)8-12-35-24(3,4)22(31)26-10-14-34-16-15-33-13-9-25-19(28)7-6-11-27-20(29)17-18(36)21(27)30/h18,36H,6-17H2,1-5H3,(H,25,28)(H,26,31). The number of methoxy groups -OCH3 is 1. The van der Waals surface area contributed by atoms with Crippen molar-refractivity contribution in [3.8, 4) is 0 Å². The minimum atomic E-state index is -0.949. The van der Waals surface area contributed by atoms with E-state index in [9.17, 15) is 19.2 Å². The first kappa shape index (κ1) is 32.3. The minimum absolute atomic E-state index is 0.116. The number of likely N-dealkylation sites (tertiary alicyclic amines) is 1. The van der Waals surface area contributed by atoms with Gasteiger partial charge in [-0.15, -0.1) is 0 Å². The van der Waals surface area contributed by atoms with E-state index in [4.69, 9.17) is 18.9 Å². The summed E-state index contributed by atoms with van der Waals surface area (Å²) in [6.07, 6.45) is 1.42. The fraction of sp³-hybridized carbons (Fsp3) is 0.833. The molecule has 1 aliphatic rings. The molecule has 4 amide bonds. The first-order valence-corrected chi connectivity index (χ1v) is 12.8. The molecule has 1 heterocycles. The van der Waals surface area contributed by atoms with Crippen molar-refractivity contribution in [1.82, 2.24) is 15.5 Å². The fourth-order valence-corrected chi connectivity index (χ4v) is 3.44. The Morgan fingerprint density at radius 3 is 2.17 bits per heavy atom. The zero-order valence-corrected chi connectivity index (χ0v) is 23.1. The molecule has 36 heavy (non-hydrogen) atoms. The second kappa shape index (κ2) is 16.2. The highest BCUT2D eigenvalue weighted by Gasteiger charge is 2.35. The largest absolute Gasteiger partial charge is 0.379 e. The Labute approximate surface area is 219 Å². The van der Waals surface area contributed by atoms with Gasteiger partial charge in [-0.3, -0.25) is 24.1 Å². The van der Waals surface area contributed by atoms with Gasteiger partial charge in [0.2, 0.25) is 17.7 Å². The van der Waals surface area contributed by atoms with E-state index in [2.05, 4.69) is 23.3 Å². The molecule has 12 heteroatoms. The van der Waals surface area contributed by atoms with Crippen molar-refractivity contribution in [2.45, 2.75) is 69.8 Å². The van der Waals surface area contributed by atoms with Crippen molar-refractivity contribution in [3.05, 3.63) is 0 Å². The lowest BCUT2D eigenvalue weighted by Crippen LogP contribution is -2.46. The zero-order chi connectivity index (χ0) is 27.2. The number of rotatable bonds is 19. The third-order valence-electron chi connectivity index (χ3n) is 5.74. The van der Waals surface area contributed by atoms with Crippen LogP contribution in [0.2, 0.25) is 0 Å². The van der Waals surface area contributed by atoms with Crippen molar-refractivity contribution in [2.24, 2.45) is 0 Å². The van der Waals surface area contributed by atoms with Gasteiger partial charge < -0.3 is 29.6 Å². The van der Waals surface area contributed by atoms with Crippen LogP contribution < -0.4 is 10.6 Å². The van der Waals surface area contributed by atoms with Crippen molar-refractivity contribution >= 4 is 36.3 Å². The second-order valence-corrected chi connectivity index (χ2v) is 10.2. The lowest BCUT2D eigenvalue weighted by molar-refractivity contribution is -0.145. The predicted molar refractivity (Wildman–Crippen MR) is 137 cm³/mol. The Hall–Kier alpha value is -1.73. The number of imide groups is 1. The van der Waals surface area contributed by atoms with Gasteiger partial charge in [-0.1, -0.05) is 0 Å². The van der Waals surface area contributed by atoms with Gasteiger partial charge in [-0.25, -0.2) is 0 Å². The number of carbonyl (C=O) groups is 4. The summed E-state index contributed by atoms with van der Waals surface area (Å²) in [7, 11) is 1.65. The van der Waals surface area contributed by atoms with Crippen LogP contribution in [0.4, 0.5) is 0 Å². The quantitative estimate of drug-likeness (QED) is 0.126. The molecule has 0 aromatic carbocycles. The topological polar surface area (TPSA) is 132 Å². The molecule has 1 saturated heterocycles. The SMILES string of the molecule is COC(C)(C)CCOC(C)(C)C(=O)NCCOCCOCCNC(=O)CCCN1C(=O)CC(S)C1=O. The maximum atomic E-state index is 12.3. The summed E-state index contributed by atoms with van der Waals surface area (Å²) in [5, 5.41) is 4.96. The molecule has 1 atom stereocenters. The van der Waals surface area contributed by atoms with Gasteiger partial charge in [0.25, 0.3) is 5.91 Å². The van der Waals surface area contributed by atoms with E-state index in [0.29, 0.717) is 59.0 Å². The maximum Gasteiger partial charge on any atom is 0.251 e. The zero-order valence-electron chi connectivity index (χ0n) is 22.2. The lowest BCUT2D eigenvalue weighted by atomic mass is 10.1. The van der Waals surface area contributed by atoms with Crippen LogP contribution in [0.25, 0.3) is 0 Å². The normalized spacial score (nSPS) is 16.5. The Balaban J connectivity index is 1.98. The Morgan fingerprint density at radius 2 is 1.61 bits per heavy atom. The second-order valence-electron chi connectivity index (χ2n) is 9.61. The van der Waals surface area contributed by atoms with Crippen molar-refractivity contribution in [1.29, 1.82) is 0 Å². The molecule has 0 spiro atoms. The van der Waals surface area contributed by atoms with Gasteiger partial charge in [0.15, 0.2) is 0 Å². The highest BCUT2D eigenvalue weighted by molar-refractivity contribution is 7.81. The van der Waals surface area contributed by atoms with Crippen molar-refractivity contribution in [2.75, 3.05) is 59.8 Å². The molecule has 0 aromatic heterocycles. The summed E-state index contributed by atoms with van der Waals surface area (Å²) in [6.45, 7) is 10.1. The third-order valence-corrected chi connectivity index (χ3v) is 6.15. The summed E-state index contributed by atoms with van der Waals surface area (Å²) in [5.41, 5.74) is -1.25. The van der Waals surface area contributed by atoms with Crippen LogP contribution in [0.3, 0.4) is 0 Å². The van der Waals surface area contributed by atoms with Crippen molar-refractivity contribution in [3.63, 3.8) is 0 Å². The molecule has 0 aromatic rings. The van der Waals surface area contributed by atoms with Gasteiger partial charge in [0.05, 0.1) is 43.9 Å². The smallest absolute Gasteiger partial charge is 0.251 e. The van der Waals surface area contributed by atoms with Crippen LogP contribution in [0.5, 0.6) is 0 Å². The number of ether oxygens (including phenoxy) is 4. The van der Waals surface area contributed by atoms with E-state index >= 15 is 0 Å². The van der Waals surface area contributed by atoms with E-state index in [-0.39, 0.29) is 48.6 Å². The minimum Gasteiger partial charge on any atom is -0.379 e. The summed E-state index contributed by atoms with van der Waals surface area (Å²) in [5.74, 6) is -0.911. The Bertz CT molecular complexity index is 732. The van der Waals surface area contributed by atoms with Gasteiger partial charge in [-0.05, 0) is 40.5 Å². The molecular formula is C24H43N3O8S. The molecule has 1 fully saturated rings. The van der Waals surface area contributed by atoms with Gasteiger partial charge >= 0.3 is 0 Å². The van der Waals surface area contributed by atoms with Gasteiger partial charge in [0, 0.05) is 39.6 Å². The highest BCUT2D eigenvalue weighted by Crippen LogP contribution is 2.18. The number of hydrogen-bond acceptors (Lipinski definition) is 9. The van der Waals surface area contributed by atoms with Crippen LogP contribution in [-0.4, -0.2) is 105 Å². The number of carbonyl (C=O) groups excluding carboxylic acids is 4. The van der Waals surface area contributed by atoms with Crippen LogP contribution in [0, 0.1) is 0 Å². The number of nitrogens with one attached hydrogen (secondary N) is 2. The molecule has 1 aliphatic heterocycles. The molecule has 0 saturated carbocycles. The first-order chi connectivity index (χ1) is 16.9. The van der Waals surface area contributed by atoms with Crippen LogP contribution in [0.15, 0.2) is 0 Å².